The van der Waals surface area contributed by atoms with E-state index in [1.165, 1.54) is 29.4 Å². The van der Waals surface area contributed by atoms with Gasteiger partial charge in [0.2, 0.25) is 0 Å². The zero-order chi connectivity index (χ0) is 21.4. The Kier molecular flexibility index (Phi) is 5.71. The number of hydrogen-bond acceptors (Lipinski definition) is 8. The number of pyridine rings is 1. The normalized spacial score (nSPS) is 18.1. The standard InChI is InChI=1S/C23H31N5O2S/c1-4-29-11-7-8-24-20-19-18(25-14-26-20)17-15-12-23(2,3)30-13-16(15)21(27-22(17)31-19)28-9-5-6-10-28/h14H,4-13H2,1-3H3,(H,24,25,26). The summed E-state index contributed by atoms with van der Waals surface area (Å²) in [7, 11) is 0. The second-order valence-corrected chi connectivity index (χ2v) is 9.97. The highest BCUT2D eigenvalue weighted by Crippen LogP contribution is 2.44. The fraction of sp³-hybridized carbons (Fsp3) is 0.609. The molecule has 5 heterocycles. The fourth-order valence-electron chi connectivity index (χ4n) is 4.63. The van der Waals surface area contributed by atoms with E-state index in [0.29, 0.717) is 6.61 Å². The Morgan fingerprint density at radius 3 is 2.87 bits per heavy atom. The van der Waals surface area contributed by atoms with Crippen LogP contribution in [0.1, 0.15) is 51.2 Å². The lowest BCUT2D eigenvalue weighted by atomic mass is 9.90. The molecule has 0 atom stereocenters. The maximum absolute atomic E-state index is 6.22. The van der Waals surface area contributed by atoms with Crippen molar-refractivity contribution in [2.45, 2.75) is 58.7 Å². The van der Waals surface area contributed by atoms with Crippen LogP contribution in [-0.4, -0.2) is 53.4 Å². The first-order chi connectivity index (χ1) is 15.1. The number of aromatic nitrogens is 3. The maximum Gasteiger partial charge on any atom is 0.147 e. The zero-order valence-electron chi connectivity index (χ0n) is 18.7. The lowest BCUT2D eigenvalue weighted by Gasteiger charge is -2.34. The number of fused-ring (bicyclic) bond motifs is 5. The lowest BCUT2D eigenvalue weighted by Crippen LogP contribution is -2.33. The van der Waals surface area contributed by atoms with Crippen LogP contribution in [0.3, 0.4) is 0 Å². The number of ether oxygens (including phenoxy) is 2. The van der Waals surface area contributed by atoms with Gasteiger partial charge in [-0.1, -0.05) is 0 Å². The van der Waals surface area contributed by atoms with Gasteiger partial charge in [-0.15, -0.1) is 11.3 Å². The van der Waals surface area contributed by atoms with E-state index in [2.05, 4.69) is 29.0 Å². The predicted octanol–water partition coefficient (Wildman–Crippen LogP) is 4.53. The van der Waals surface area contributed by atoms with Gasteiger partial charge in [0.05, 0.1) is 22.4 Å². The molecule has 1 saturated heterocycles. The Morgan fingerprint density at radius 1 is 1.23 bits per heavy atom. The maximum atomic E-state index is 6.22. The number of anilines is 2. The Balaban J connectivity index is 1.60. The van der Waals surface area contributed by atoms with Crippen LogP contribution in [0.25, 0.3) is 20.4 Å². The minimum atomic E-state index is -0.189. The Hall–Kier alpha value is -2.03. The third-order valence-corrected chi connectivity index (χ3v) is 7.25. The number of hydrogen-bond donors (Lipinski definition) is 1. The van der Waals surface area contributed by atoms with Crippen LogP contribution in [-0.2, 0) is 22.5 Å². The molecule has 0 spiro atoms. The topological polar surface area (TPSA) is 72.4 Å². The quantitative estimate of drug-likeness (QED) is 0.540. The first-order valence-electron chi connectivity index (χ1n) is 11.4. The summed E-state index contributed by atoms with van der Waals surface area (Å²) in [4.78, 5) is 17.9. The number of nitrogens with one attached hydrogen (secondary N) is 1. The first kappa shape index (κ1) is 20.8. The monoisotopic (exact) mass is 441 g/mol. The van der Waals surface area contributed by atoms with E-state index < -0.39 is 0 Å². The lowest BCUT2D eigenvalue weighted by molar-refractivity contribution is -0.0395. The molecule has 0 saturated carbocycles. The average Bonchev–Trinajstić information content (AvgIpc) is 3.40. The molecule has 166 valence electrons. The highest BCUT2D eigenvalue weighted by molar-refractivity contribution is 7.26. The van der Waals surface area contributed by atoms with Crippen molar-refractivity contribution in [3.8, 4) is 0 Å². The van der Waals surface area contributed by atoms with Gasteiger partial charge in [-0.2, -0.15) is 0 Å². The Bertz CT molecular complexity index is 1090. The van der Waals surface area contributed by atoms with E-state index in [0.717, 1.165) is 72.4 Å². The molecule has 2 aliphatic heterocycles. The number of rotatable bonds is 7. The molecule has 31 heavy (non-hydrogen) atoms. The molecule has 1 fully saturated rings. The molecule has 0 aromatic carbocycles. The third kappa shape index (κ3) is 3.97. The Morgan fingerprint density at radius 2 is 2.06 bits per heavy atom. The van der Waals surface area contributed by atoms with E-state index in [1.807, 2.05) is 6.92 Å². The summed E-state index contributed by atoms with van der Waals surface area (Å²) in [5.41, 5.74) is 3.43. The van der Waals surface area contributed by atoms with Crippen LogP contribution >= 0.6 is 11.3 Å². The van der Waals surface area contributed by atoms with Crippen molar-refractivity contribution in [1.29, 1.82) is 0 Å². The highest BCUT2D eigenvalue weighted by atomic mass is 32.1. The molecule has 3 aromatic rings. The van der Waals surface area contributed by atoms with Crippen LogP contribution in [0.4, 0.5) is 11.6 Å². The summed E-state index contributed by atoms with van der Waals surface area (Å²) in [5, 5.41) is 4.68. The first-order valence-corrected chi connectivity index (χ1v) is 12.2. The van der Waals surface area contributed by atoms with Gasteiger partial charge in [0, 0.05) is 50.2 Å². The number of thiophene rings is 1. The summed E-state index contributed by atoms with van der Waals surface area (Å²) in [6, 6.07) is 0. The van der Waals surface area contributed by atoms with Crippen molar-refractivity contribution < 1.29 is 9.47 Å². The van der Waals surface area contributed by atoms with Crippen molar-refractivity contribution in [3.05, 3.63) is 17.5 Å². The summed E-state index contributed by atoms with van der Waals surface area (Å²) in [5.74, 6) is 2.01. The highest BCUT2D eigenvalue weighted by Gasteiger charge is 2.33. The summed E-state index contributed by atoms with van der Waals surface area (Å²) < 4.78 is 12.8. The van der Waals surface area contributed by atoms with E-state index in [-0.39, 0.29) is 5.60 Å². The third-order valence-electron chi connectivity index (χ3n) is 6.17. The van der Waals surface area contributed by atoms with Crippen molar-refractivity contribution in [1.82, 2.24) is 15.0 Å². The minimum Gasteiger partial charge on any atom is -0.382 e. The van der Waals surface area contributed by atoms with Crippen LogP contribution in [0.2, 0.25) is 0 Å². The van der Waals surface area contributed by atoms with Gasteiger partial charge >= 0.3 is 0 Å². The van der Waals surface area contributed by atoms with E-state index >= 15 is 0 Å². The van der Waals surface area contributed by atoms with Gasteiger partial charge in [0.25, 0.3) is 0 Å². The molecule has 3 aromatic heterocycles. The van der Waals surface area contributed by atoms with E-state index in [1.54, 1.807) is 17.7 Å². The second-order valence-electron chi connectivity index (χ2n) is 8.97. The molecule has 8 heteroatoms. The fourth-order valence-corrected chi connectivity index (χ4v) is 5.75. The summed E-state index contributed by atoms with van der Waals surface area (Å²) in [6.07, 6.45) is 5.95. The van der Waals surface area contributed by atoms with Crippen molar-refractivity contribution in [3.63, 3.8) is 0 Å². The van der Waals surface area contributed by atoms with Gasteiger partial charge in [0.1, 0.15) is 22.8 Å². The van der Waals surface area contributed by atoms with Crippen LogP contribution in [0.15, 0.2) is 6.33 Å². The zero-order valence-corrected chi connectivity index (χ0v) is 19.5. The van der Waals surface area contributed by atoms with Crippen LogP contribution < -0.4 is 10.2 Å². The SMILES string of the molecule is CCOCCCNc1ncnc2c1sc1nc(N3CCCC3)c3c(c12)CC(C)(C)OC3. The molecular formula is C23H31N5O2S. The number of nitrogens with zero attached hydrogens (tertiary/aromatic N) is 4. The van der Waals surface area contributed by atoms with Crippen LogP contribution in [0.5, 0.6) is 0 Å². The predicted molar refractivity (Wildman–Crippen MR) is 126 cm³/mol. The molecule has 1 N–H and O–H groups in total. The molecule has 7 nitrogen and oxygen atoms in total. The smallest absolute Gasteiger partial charge is 0.147 e. The molecule has 0 radical (unpaired) electrons. The Labute approximate surface area is 187 Å². The molecule has 2 aliphatic rings. The van der Waals surface area contributed by atoms with Crippen LogP contribution in [0, 0.1) is 0 Å². The average molecular weight is 442 g/mol. The van der Waals surface area contributed by atoms with E-state index in [9.17, 15) is 0 Å². The molecular weight excluding hydrogens is 410 g/mol. The minimum absolute atomic E-state index is 0.189. The van der Waals surface area contributed by atoms with Gasteiger partial charge in [-0.3, -0.25) is 0 Å². The molecule has 0 aliphatic carbocycles. The second kappa shape index (κ2) is 8.48. The molecule has 0 unspecified atom stereocenters. The van der Waals surface area contributed by atoms with Crippen molar-refractivity contribution in [2.24, 2.45) is 0 Å². The van der Waals surface area contributed by atoms with Gasteiger partial charge in [-0.25, -0.2) is 15.0 Å². The molecule has 0 bridgehead atoms. The van der Waals surface area contributed by atoms with Crippen molar-refractivity contribution in [2.75, 3.05) is 43.1 Å². The van der Waals surface area contributed by atoms with Gasteiger partial charge < -0.3 is 19.7 Å². The van der Waals surface area contributed by atoms with Gasteiger partial charge in [-0.05, 0) is 45.6 Å². The van der Waals surface area contributed by atoms with E-state index in [4.69, 9.17) is 19.4 Å². The summed E-state index contributed by atoms with van der Waals surface area (Å²) in [6.45, 7) is 11.5. The molecule has 5 rings (SSSR count). The van der Waals surface area contributed by atoms with Crippen molar-refractivity contribution >= 4 is 43.4 Å². The summed E-state index contributed by atoms with van der Waals surface area (Å²) >= 11 is 1.71. The van der Waals surface area contributed by atoms with Gasteiger partial charge in [0.15, 0.2) is 0 Å². The largest absolute Gasteiger partial charge is 0.382 e. The molecule has 0 amide bonds.